The van der Waals surface area contributed by atoms with Crippen LogP contribution in [0.5, 0.6) is 0 Å². The van der Waals surface area contributed by atoms with Gasteiger partial charge in [0.2, 0.25) is 0 Å². The molecular weight excluding hydrogens is 399 g/mol. The maximum atomic E-state index is 4.70. The molecule has 1 aliphatic heterocycles. The summed E-state index contributed by atoms with van der Waals surface area (Å²) in [5, 5.41) is 6.85. The predicted molar refractivity (Wildman–Crippen MR) is 110 cm³/mol. The summed E-state index contributed by atoms with van der Waals surface area (Å²) in [6, 6.07) is 8.59. The minimum absolute atomic E-state index is 0. The highest BCUT2D eigenvalue weighted by molar-refractivity contribution is 14.0. The number of guanidine groups is 1. The van der Waals surface area contributed by atoms with Crippen molar-refractivity contribution >= 4 is 29.9 Å². The molecule has 23 heavy (non-hydrogen) atoms. The van der Waals surface area contributed by atoms with E-state index in [1.807, 2.05) is 0 Å². The molecule has 0 saturated carbocycles. The van der Waals surface area contributed by atoms with Gasteiger partial charge in [0, 0.05) is 13.1 Å². The molecule has 5 heteroatoms. The van der Waals surface area contributed by atoms with Crippen LogP contribution in [-0.4, -0.2) is 44.1 Å². The van der Waals surface area contributed by atoms with Crippen LogP contribution in [0.3, 0.4) is 0 Å². The van der Waals surface area contributed by atoms with Crippen molar-refractivity contribution in [3.63, 3.8) is 0 Å². The molecule has 0 aromatic heterocycles. The fraction of sp³-hybridized carbons (Fsp3) is 0.611. The molecule has 0 spiro atoms. The van der Waals surface area contributed by atoms with Crippen molar-refractivity contribution in [3.05, 3.63) is 35.4 Å². The molecule has 4 nitrogen and oxygen atoms in total. The highest BCUT2D eigenvalue weighted by Crippen LogP contribution is 2.14. The maximum Gasteiger partial charge on any atom is 0.191 e. The largest absolute Gasteiger partial charge is 0.357 e. The lowest BCUT2D eigenvalue weighted by Crippen LogP contribution is -2.42. The molecule has 0 atom stereocenters. The van der Waals surface area contributed by atoms with Crippen LogP contribution in [-0.2, 0) is 6.54 Å². The van der Waals surface area contributed by atoms with Crippen LogP contribution in [0.15, 0.2) is 29.3 Å². The summed E-state index contributed by atoms with van der Waals surface area (Å²) in [5.74, 6) is 1.70. The molecule has 1 fully saturated rings. The summed E-state index contributed by atoms with van der Waals surface area (Å²) in [6.07, 6.45) is 2.56. The number of nitrogens with one attached hydrogen (secondary N) is 2. The van der Waals surface area contributed by atoms with Gasteiger partial charge in [-0.3, -0.25) is 0 Å². The molecule has 1 heterocycles. The number of hydrogen-bond acceptors (Lipinski definition) is 2. The van der Waals surface area contributed by atoms with Gasteiger partial charge in [-0.2, -0.15) is 0 Å². The number of hydrogen-bond donors (Lipinski definition) is 2. The van der Waals surface area contributed by atoms with Gasteiger partial charge in [0.05, 0.1) is 6.54 Å². The van der Waals surface area contributed by atoms with Gasteiger partial charge >= 0.3 is 0 Å². The Morgan fingerprint density at radius 3 is 2.43 bits per heavy atom. The Bertz CT molecular complexity index is 464. The number of benzene rings is 1. The zero-order valence-electron chi connectivity index (χ0n) is 14.6. The van der Waals surface area contributed by atoms with E-state index in [2.05, 4.69) is 60.7 Å². The van der Waals surface area contributed by atoms with Gasteiger partial charge in [-0.25, -0.2) is 4.99 Å². The zero-order chi connectivity index (χ0) is 15.8. The van der Waals surface area contributed by atoms with Crippen molar-refractivity contribution in [2.45, 2.75) is 33.2 Å². The average Bonchev–Trinajstić information content (AvgIpc) is 2.53. The first-order valence-electron chi connectivity index (χ1n) is 8.43. The van der Waals surface area contributed by atoms with Crippen LogP contribution < -0.4 is 10.6 Å². The summed E-state index contributed by atoms with van der Waals surface area (Å²) in [7, 11) is 2.21. The third kappa shape index (κ3) is 7.52. The Kier molecular flexibility index (Phi) is 9.55. The maximum absolute atomic E-state index is 4.70. The standard InChI is InChI=1S/C18H30N4.HI/c1-4-19-18(20-13-16-7-5-15(2)6-8-16)21-14-17-9-11-22(3)12-10-17;/h5-8,17H,4,9-14H2,1-3H3,(H2,19,20,21);1H. The SMILES string of the molecule is CCNC(=NCc1ccc(C)cc1)NCC1CCN(C)CC1.I. The van der Waals surface area contributed by atoms with Crippen LogP contribution in [0, 0.1) is 12.8 Å². The third-order valence-corrected chi connectivity index (χ3v) is 4.28. The van der Waals surface area contributed by atoms with Crippen molar-refractivity contribution in [2.75, 3.05) is 33.2 Å². The summed E-state index contributed by atoms with van der Waals surface area (Å²) in [6.45, 7) is 9.29. The van der Waals surface area contributed by atoms with Gasteiger partial charge < -0.3 is 15.5 Å². The Morgan fingerprint density at radius 1 is 1.17 bits per heavy atom. The minimum Gasteiger partial charge on any atom is -0.357 e. The zero-order valence-corrected chi connectivity index (χ0v) is 17.0. The average molecular weight is 430 g/mol. The van der Waals surface area contributed by atoms with Gasteiger partial charge in [0.1, 0.15) is 0 Å². The quantitative estimate of drug-likeness (QED) is 0.429. The van der Waals surface area contributed by atoms with Crippen LogP contribution in [0.2, 0.25) is 0 Å². The lowest BCUT2D eigenvalue weighted by atomic mass is 9.97. The first kappa shape index (κ1) is 20.2. The van der Waals surface area contributed by atoms with E-state index in [0.29, 0.717) is 0 Å². The highest BCUT2D eigenvalue weighted by Gasteiger charge is 2.16. The first-order valence-corrected chi connectivity index (χ1v) is 8.43. The number of halogens is 1. The van der Waals surface area contributed by atoms with Crippen LogP contribution >= 0.6 is 24.0 Å². The number of rotatable bonds is 5. The fourth-order valence-corrected chi connectivity index (χ4v) is 2.71. The van der Waals surface area contributed by atoms with Gasteiger partial charge in [-0.1, -0.05) is 29.8 Å². The Labute approximate surface area is 158 Å². The molecule has 0 amide bonds. The van der Waals surface area contributed by atoms with Crippen molar-refractivity contribution < 1.29 is 0 Å². The minimum atomic E-state index is 0. The Hall–Kier alpha value is -0.820. The highest BCUT2D eigenvalue weighted by atomic mass is 127. The number of likely N-dealkylation sites (tertiary alicyclic amines) is 1. The lowest BCUT2D eigenvalue weighted by Gasteiger charge is -2.29. The van der Waals surface area contributed by atoms with E-state index in [0.717, 1.165) is 31.5 Å². The van der Waals surface area contributed by atoms with Gasteiger partial charge in [0.15, 0.2) is 5.96 Å². The molecule has 0 unspecified atom stereocenters. The van der Waals surface area contributed by atoms with E-state index < -0.39 is 0 Å². The predicted octanol–water partition coefficient (Wildman–Crippen LogP) is 3.01. The van der Waals surface area contributed by atoms with Gasteiger partial charge in [0.25, 0.3) is 0 Å². The molecule has 0 bridgehead atoms. The summed E-state index contributed by atoms with van der Waals surface area (Å²) >= 11 is 0. The van der Waals surface area contributed by atoms with Crippen molar-refractivity contribution in [1.29, 1.82) is 0 Å². The van der Waals surface area contributed by atoms with Crippen LogP contribution in [0.1, 0.15) is 30.9 Å². The van der Waals surface area contributed by atoms with E-state index in [1.165, 1.54) is 37.1 Å². The second kappa shape index (κ2) is 10.9. The summed E-state index contributed by atoms with van der Waals surface area (Å²) in [5.41, 5.74) is 2.54. The molecule has 2 N–H and O–H groups in total. The molecular formula is C18H31IN4. The lowest BCUT2D eigenvalue weighted by molar-refractivity contribution is 0.220. The molecule has 2 rings (SSSR count). The van der Waals surface area contributed by atoms with E-state index in [1.54, 1.807) is 0 Å². The number of aryl methyl sites for hydroxylation is 1. The summed E-state index contributed by atoms with van der Waals surface area (Å²) in [4.78, 5) is 7.11. The molecule has 0 aliphatic carbocycles. The molecule has 130 valence electrons. The Balaban J connectivity index is 0.00000264. The molecule has 1 aromatic carbocycles. The van der Waals surface area contributed by atoms with E-state index in [4.69, 9.17) is 4.99 Å². The van der Waals surface area contributed by atoms with Crippen LogP contribution in [0.25, 0.3) is 0 Å². The van der Waals surface area contributed by atoms with Crippen molar-refractivity contribution in [2.24, 2.45) is 10.9 Å². The third-order valence-electron chi connectivity index (χ3n) is 4.28. The number of piperidine rings is 1. The molecule has 0 radical (unpaired) electrons. The molecule has 1 aliphatic rings. The normalized spacial score (nSPS) is 16.7. The van der Waals surface area contributed by atoms with Crippen LogP contribution in [0.4, 0.5) is 0 Å². The smallest absolute Gasteiger partial charge is 0.191 e. The van der Waals surface area contributed by atoms with Crippen molar-refractivity contribution in [3.8, 4) is 0 Å². The molecule has 1 saturated heterocycles. The van der Waals surface area contributed by atoms with Crippen molar-refractivity contribution in [1.82, 2.24) is 15.5 Å². The number of nitrogens with zero attached hydrogens (tertiary/aromatic N) is 2. The monoisotopic (exact) mass is 430 g/mol. The van der Waals surface area contributed by atoms with Gasteiger partial charge in [-0.05, 0) is 58.3 Å². The molecule has 1 aromatic rings. The number of aliphatic imine (C=N–C) groups is 1. The fourth-order valence-electron chi connectivity index (χ4n) is 2.71. The van der Waals surface area contributed by atoms with E-state index in [-0.39, 0.29) is 24.0 Å². The van der Waals surface area contributed by atoms with E-state index in [9.17, 15) is 0 Å². The van der Waals surface area contributed by atoms with E-state index >= 15 is 0 Å². The summed E-state index contributed by atoms with van der Waals surface area (Å²) < 4.78 is 0. The second-order valence-electron chi connectivity index (χ2n) is 6.31. The van der Waals surface area contributed by atoms with Gasteiger partial charge in [-0.15, -0.1) is 24.0 Å². The Morgan fingerprint density at radius 2 is 1.83 bits per heavy atom. The topological polar surface area (TPSA) is 39.7 Å². The second-order valence-corrected chi connectivity index (χ2v) is 6.31. The first-order chi connectivity index (χ1) is 10.7.